The van der Waals surface area contributed by atoms with Crippen LogP contribution in [-0.2, 0) is 4.74 Å². The van der Waals surface area contributed by atoms with Crippen molar-refractivity contribution in [3.63, 3.8) is 0 Å². The van der Waals surface area contributed by atoms with Crippen molar-refractivity contribution in [1.82, 2.24) is 0 Å². The highest BCUT2D eigenvalue weighted by atomic mass is 79.9. The highest BCUT2D eigenvalue weighted by Gasteiger charge is 2.14. The lowest BCUT2D eigenvalue weighted by Gasteiger charge is -2.12. The zero-order valence-electron chi connectivity index (χ0n) is 11.0. The second kappa shape index (κ2) is 8.10. The SMILES string of the molecule is Clc1ccc(OCCOCC[NH+]2CCCC2)c(Br)c1. The molecule has 1 saturated heterocycles. The van der Waals surface area contributed by atoms with E-state index < -0.39 is 0 Å². The molecule has 0 aromatic heterocycles. The van der Waals surface area contributed by atoms with Crippen molar-refractivity contribution < 1.29 is 14.4 Å². The topological polar surface area (TPSA) is 22.9 Å². The lowest BCUT2D eigenvalue weighted by atomic mass is 10.3. The molecule has 2 rings (SSSR count). The van der Waals surface area contributed by atoms with Crippen molar-refractivity contribution >= 4 is 27.5 Å². The predicted octanol–water partition coefficient (Wildman–Crippen LogP) is 2.18. The number of hydrogen-bond donors (Lipinski definition) is 1. The Balaban J connectivity index is 1.56. The van der Waals surface area contributed by atoms with E-state index in [4.69, 9.17) is 21.1 Å². The summed E-state index contributed by atoms with van der Waals surface area (Å²) in [7, 11) is 0. The summed E-state index contributed by atoms with van der Waals surface area (Å²) < 4.78 is 12.1. The van der Waals surface area contributed by atoms with Gasteiger partial charge in [0, 0.05) is 17.9 Å². The standard InChI is InChI=1S/C14H19BrClNO2/c15-13-11-12(16)3-4-14(13)19-10-9-18-8-7-17-5-1-2-6-17/h3-4,11H,1-2,5-10H2/p+1. The van der Waals surface area contributed by atoms with Gasteiger partial charge in [0.05, 0.1) is 30.8 Å². The van der Waals surface area contributed by atoms with Crippen LogP contribution in [0.15, 0.2) is 22.7 Å². The lowest BCUT2D eigenvalue weighted by Crippen LogP contribution is -3.10. The number of nitrogens with one attached hydrogen (secondary N) is 1. The molecule has 106 valence electrons. The fraction of sp³-hybridized carbons (Fsp3) is 0.571. The highest BCUT2D eigenvalue weighted by Crippen LogP contribution is 2.27. The summed E-state index contributed by atoms with van der Waals surface area (Å²) in [6.07, 6.45) is 2.73. The number of halogens is 2. The van der Waals surface area contributed by atoms with Crippen LogP contribution in [0, 0.1) is 0 Å². The first-order valence-corrected chi connectivity index (χ1v) is 7.92. The molecule has 1 aliphatic heterocycles. The van der Waals surface area contributed by atoms with Gasteiger partial charge in [-0.2, -0.15) is 0 Å². The molecule has 0 spiro atoms. The molecule has 1 N–H and O–H groups in total. The Morgan fingerprint density at radius 2 is 1.95 bits per heavy atom. The normalized spacial score (nSPS) is 15.9. The summed E-state index contributed by atoms with van der Waals surface area (Å²) in [6, 6.07) is 5.51. The first-order chi connectivity index (χ1) is 9.25. The zero-order chi connectivity index (χ0) is 13.5. The maximum Gasteiger partial charge on any atom is 0.133 e. The third-order valence-electron chi connectivity index (χ3n) is 3.29. The molecule has 0 saturated carbocycles. The van der Waals surface area contributed by atoms with Crippen LogP contribution in [0.1, 0.15) is 12.8 Å². The average molecular weight is 350 g/mol. The molecule has 1 aromatic carbocycles. The third kappa shape index (κ3) is 5.30. The molecular formula is C14H20BrClNO2+. The van der Waals surface area contributed by atoms with Crippen LogP contribution in [0.25, 0.3) is 0 Å². The number of ether oxygens (including phenoxy) is 2. The molecule has 0 unspecified atom stereocenters. The number of benzene rings is 1. The van der Waals surface area contributed by atoms with Gasteiger partial charge in [0.1, 0.15) is 18.9 Å². The van der Waals surface area contributed by atoms with E-state index in [2.05, 4.69) is 15.9 Å². The molecule has 1 heterocycles. The molecule has 0 bridgehead atoms. The van der Waals surface area contributed by atoms with Crippen molar-refractivity contribution in [1.29, 1.82) is 0 Å². The summed E-state index contributed by atoms with van der Waals surface area (Å²) in [5.41, 5.74) is 0. The van der Waals surface area contributed by atoms with Crippen LogP contribution in [0.3, 0.4) is 0 Å². The molecule has 1 aromatic rings. The first-order valence-electron chi connectivity index (χ1n) is 6.75. The van der Waals surface area contributed by atoms with Crippen LogP contribution in [0.5, 0.6) is 5.75 Å². The van der Waals surface area contributed by atoms with Crippen LogP contribution in [0.2, 0.25) is 5.02 Å². The van der Waals surface area contributed by atoms with Gasteiger partial charge in [-0.15, -0.1) is 0 Å². The largest absolute Gasteiger partial charge is 0.490 e. The van der Waals surface area contributed by atoms with E-state index in [0.717, 1.165) is 23.4 Å². The summed E-state index contributed by atoms with van der Waals surface area (Å²) in [4.78, 5) is 1.67. The fourth-order valence-electron chi connectivity index (χ4n) is 2.25. The van der Waals surface area contributed by atoms with E-state index in [1.165, 1.54) is 25.9 Å². The van der Waals surface area contributed by atoms with Crippen molar-refractivity contribution in [2.24, 2.45) is 0 Å². The van der Waals surface area contributed by atoms with Crippen molar-refractivity contribution in [3.8, 4) is 5.75 Å². The molecule has 0 aliphatic carbocycles. The van der Waals surface area contributed by atoms with Gasteiger partial charge in [-0.25, -0.2) is 0 Å². The number of hydrogen-bond acceptors (Lipinski definition) is 2. The van der Waals surface area contributed by atoms with Gasteiger partial charge in [0.15, 0.2) is 0 Å². The second-order valence-electron chi connectivity index (χ2n) is 4.74. The molecular weight excluding hydrogens is 330 g/mol. The van der Waals surface area contributed by atoms with Gasteiger partial charge in [-0.05, 0) is 34.1 Å². The van der Waals surface area contributed by atoms with E-state index in [1.807, 2.05) is 18.2 Å². The molecule has 3 nitrogen and oxygen atoms in total. The quantitative estimate of drug-likeness (QED) is 0.763. The summed E-state index contributed by atoms with van der Waals surface area (Å²) in [5.74, 6) is 0.804. The molecule has 0 amide bonds. The van der Waals surface area contributed by atoms with Crippen LogP contribution >= 0.6 is 27.5 Å². The van der Waals surface area contributed by atoms with Gasteiger partial charge in [0.25, 0.3) is 0 Å². The van der Waals surface area contributed by atoms with E-state index in [9.17, 15) is 0 Å². The Morgan fingerprint density at radius 1 is 1.16 bits per heavy atom. The van der Waals surface area contributed by atoms with Crippen LogP contribution in [0.4, 0.5) is 0 Å². The fourth-order valence-corrected chi connectivity index (χ4v) is 3.04. The van der Waals surface area contributed by atoms with Crippen molar-refractivity contribution in [3.05, 3.63) is 27.7 Å². The number of quaternary nitrogens is 1. The average Bonchev–Trinajstić information content (AvgIpc) is 2.89. The Morgan fingerprint density at radius 3 is 2.68 bits per heavy atom. The Bertz CT molecular complexity index is 397. The monoisotopic (exact) mass is 348 g/mol. The molecule has 19 heavy (non-hydrogen) atoms. The number of rotatable bonds is 7. The Labute approximate surface area is 128 Å². The van der Waals surface area contributed by atoms with Gasteiger partial charge < -0.3 is 14.4 Å². The van der Waals surface area contributed by atoms with E-state index >= 15 is 0 Å². The van der Waals surface area contributed by atoms with E-state index in [0.29, 0.717) is 18.2 Å². The minimum atomic E-state index is 0.565. The lowest BCUT2D eigenvalue weighted by molar-refractivity contribution is -0.887. The Hall–Kier alpha value is -0.290. The van der Waals surface area contributed by atoms with Gasteiger partial charge >= 0.3 is 0 Å². The minimum Gasteiger partial charge on any atom is -0.490 e. The minimum absolute atomic E-state index is 0.565. The molecule has 0 radical (unpaired) electrons. The van der Waals surface area contributed by atoms with Gasteiger partial charge in [-0.1, -0.05) is 11.6 Å². The first kappa shape index (κ1) is 15.1. The van der Waals surface area contributed by atoms with Crippen molar-refractivity contribution in [2.75, 3.05) is 39.5 Å². The smallest absolute Gasteiger partial charge is 0.133 e. The third-order valence-corrected chi connectivity index (χ3v) is 4.14. The van der Waals surface area contributed by atoms with Crippen LogP contribution < -0.4 is 9.64 Å². The molecule has 1 fully saturated rings. The zero-order valence-corrected chi connectivity index (χ0v) is 13.3. The summed E-state index contributed by atoms with van der Waals surface area (Å²) in [6.45, 7) is 5.73. The van der Waals surface area contributed by atoms with E-state index in [-0.39, 0.29) is 0 Å². The van der Waals surface area contributed by atoms with E-state index in [1.54, 1.807) is 4.90 Å². The Kier molecular flexibility index (Phi) is 6.44. The maximum atomic E-state index is 5.87. The maximum absolute atomic E-state index is 5.87. The van der Waals surface area contributed by atoms with Crippen molar-refractivity contribution in [2.45, 2.75) is 12.8 Å². The van der Waals surface area contributed by atoms with Gasteiger partial charge in [0.2, 0.25) is 0 Å². The second-order valence-corrected chi connectivity index (χ2v) is 6.03. The predicted molar refractivity (Wildman–Crippen MR) is 80.3 cm³/mol. The number of likely N-dealkylation sites (tertiary alicyclic amines) is 1. The summed E-state index contributed by atoms with van der Waals surface area (Å²) >= 11 is 9.29. The molecule has 0 atom stereocenters. The highest BCUT2D eigenvalue weighted by molar-refractivity contribution is 9.10. The molecule has 5 heteroatoms. The van der Waals surface area contributed by atoms with Crippen LogP contribution in [-0.4, -0.2) is 39.5 Å². The molecule has 1 aliphatic rings. The summed E-state index contributed by atoms with van der Waals surface area (Å²) in [5, 5.41) is 0.698. The van der Waals surface area contributed by atoms with Gasteiger partial charge in [-0.3, -0.25) is 0 Å².